The van der Waals surface area contributed by atoms with Gasteiger partial charge in [0.2, 0.25) is 5.91 Å². The summed E-state index contributed by atoms with van der Waals surface area (Å²) in [6, 6.07) is 14.3. The summed E-state index contributed by atoms with van der Waals surface area (Å²) in [6.07, 6.45) is 6.00. The lowest BCUT2D eigenvalue weighted by Gasteiger charge is -2.12. The number of nitrogens with zero attached hydrogens (tertiary/aromatic N) is 2. The summed E-state index contributed by atoms with van der Waals surface area (Å²) in [5.41, 5.74) is 3.09. The molecular formula is C29H39ClN6O2. The first kappa shape index (κ1) is 32.1. The number of aliphatic imine (C=N–C) groups is 1. The Labute approximate surface area is 231 Å². The van der Waals surface area contributed by atoms with Gasteiger partial charge >= 0.3 is 0 Å². The Hall–Kier alpha value is -3.88. The van der Waals surface area contributed by atoms with Crippen LogP contribution >= 0.6 is 11.6 Å². The average Bonchev–Trinajstić information content (AvgIpc) is 2.87. The molecule has 2 aromatic carbocycles. The summed E-state index contributed by atoms with van der Waals surface area (Å²) in [5, 5.41) is 12.0. The van der Waals surface area contributed by atoms with Crippen molar-refractivity contribution < 1.29 is 9.59 Å². The van der Waals surface area contributed by atoms with Gasteiger partial charge in [0.15, 0.2) is 0 Å². The van der Waals surface area contributed by atoms with E-state index in [9.17, 15) is 9.59 Å². The lowest BCUT2D eigenvalue weighted by Crippen LogP contribution is -2.19. The second-order valence-electron chi connectivity index (χ2n) is 8.49. The molecule has 0 saturated heterocycles. The quantitative estimate of drug-likeness (QED) is 0.206. The van der Waals surface area contributed by atoms with E-state index in [1.54, 1.807) is 50.4 Å². The molecule has 0 fully saturated rings. The monoisotopic (exact) mass is 538 g/mol. The van der Waals surface area contributed by atoms with Gasteiger partial charge in [-0.25, -0.2) is 4.99 Å². The standard InChI is InChI=1S/C26H31ClN6O2.C3H8/c1-18(30-24-13-7-6-12-22(24)26(35)28-3)23(27)17-29-19(2)31-20-10-8-11-21(16-20)32-25(34)14-9-15-33(4)5;1-3-2/h6-14,16-17,30-31H,2,15H2,1,3-5H3,(H,28,35)(H,32,34);3H2,1-2H3/b14-9+,23-18-,29-17-;. The zero-order valence-electron chi connectivity index (χ0n) is 23.1. The zero-order chi connectivity index (χ0) is 28.5. The number of para-hydroxylation sites is 1. The van der Waals surface area contributed by atoms with Crippen LogP contribution in [0.4, 0.5) is 17.1 Å². The summed E-state index contributed by atoms with van der Waals surface area (Å²) in [4.78, 5) is 30.3. The molecule has 204 valence electrons. The van der Waals surface area contributed by atoms with Crippen LogP contribution < -0.4 is 21.3 Å². The number of rotatable bonds is 11. The fourth-order valence-electron chi connectivity index (χ4n) is 2.85. The van der Waals surface area contributed by atoms with Crippen molar-refractivity contribution in [1.82, 2.24) is 10.2 Å². The molecule has 0 aliphatic heterocycles. The molecule has 0 bridgehead atoms. The molecule has 0 aliphatic rings. The summed E-state index contributed by atoms with van der Waals surface area (Å²) >= 11 is 6.38. The van der Waals surface area contributed by atoms with Gasteiger partial charge in [0.05, 0.1) is 16.3 Å². The Bertz CT molecular complexity index is 1170. The molecule has 0 radical (unpaired) electrons. The van der Waals surface area contributed by atoms with Crippen LogP contribution in [0.3, 0.4) is 0 Å². The largest absolute Gasteiger partial charge is 0.357 e. The van der Waals surface area contributed by atoms with Crippen molar-refractivity contribution in [2.24, 2.45) is 4.99 Å². The highest BCUT2D eigenvalue weighted by molar-refractivity contribution is 6.39. The second kappa shape index (κ2) is 17.6. The number of amides is 2. The van der Waals surface area contributed by atoms with Crippen molar-refractivity contribution in [2.45, 2.75) is 27.2 Å². The molecular weight excluding hydrogens is 500 g/mol. The van der Waals surface area contributed by atoms with Crippen LogP contribution in [-0.2, 0) is 4.79 Å². The summed E-state index contributed by atoms with van der Waals surface area (Å²) < 4.78 is 0. The number of allylic oxidation sites excluding steroid dienone is 2. The zero-order valence-corrected chi connectivity index (χ0v) is 23.8. The van der Waals surface area contributed by atoms with E-state index in [4.69, 9.17) is 11.6 Å². The third kappa shape index (κ3) is 12.4. The number of anilines is 3. The summed E-state index contributed by atoms with van der Waals surface area (Å²) in [6.45, 7) is 10.6. The van der Waals surface area contributed by atoms with Crippen LogP contribution in [0.5, 0.6) is 0 Å². The summed E-state index contributed by atoms with van der Waals surface area (Å²) in [7, 11) is 5.44. The van der Waals surface area contributed by atoms with Crippen LogP contribution in [0.2, 0.25) is 0 Å². The number of likely N-dealkylation sites (N-methyl/N-ethyl adjacent to an activating group) is 1. The van der Waals surface area contributed by atoms with Crippen molar-refractivity contribution in [3.8, 4) is 0 Å². The van der Waals surface area contributed by atoms with Crippen LogP contribution in [0.1, 0.15) is 37.6 Å². The highest BCUT2D eigenvalue weighted by Gasteiger charge is 2.10. The van der Waals surface area contributed by atoms with Crippen molar-refractivity contribution in [2.75, 3.05) is 43.6 Å². The predicted molar refractivity (Wildman–Crippen MR) is 162 cm³/mol. The number of carbonyl (C=O) groups excluding carboxylic acids is 2. The first-order chi connectivity index (χ1) is 18.1. The maximum atomic E-state index is 12.1. The molecule has 9 heteroatoms. The average molecular weight is 539 g/mol. The molecule has 38 heavy (non-hydrogen) atoms. The van der Waals surface area contributed by atoms with Gasteiger partial charge in [-0.15, -0.1) is 0 Å². The Kier molecular flexibility index (Phi) is 14.9. The van der Waals surface area contributed by atoms with E-state index in [1.165, 1.54) is 18.7 Å². The predicted octanol–water partition coefficient (Wildman–Crippen LogP) is 6.06. The van der Waals surface area contributed by atoms with Gasteiger partial charge in [0.25, 0.3) is 5.91 Å². The molecule has 2 amide bonds. The van der Waals surface area contributed by atoms with E-state index in [1.807, 2.05) is 37.2 Å². The Morgan fingerprint density at radius 1 is 1.03 bits per heavy atom. The molecule has 0 heterocycles. The number of hydrogen-bond donors (Lipinski definition) is 4. The number of halogens is 1. The van der Waals surface area contributed by atoms with Gasteiger partial charge in [-0.1, -0.05) is 62.7 Å². The minimum atomic E-state index is -0.210. The molecule has 0 atom stereocenters. The maximum Gasteiger partial charge on any atom is 0.253 e. The van der Waals surface area contributed by atoms with Gasteiger partial charge in [-0.3, -0.25) is 9.59 Å². The maximum absolute atomic E-state index is 12.1. The molecule has 8 nitrogen and oxygen atoms in total. The van der Waals surface area contributed by atoms with Gasteiger partial charge in [0, 0.05) is 43.0 Å². The lowest BCUT2D eigenvalue weighted by molar-refractivity contribution is -0.111. The topological polar surface area (TPSA) is 97.9 Å². The minimum Gasteiger partial charge on any atom is -0.357 e. The van der Waals surface area contributed by atoms with Gasteiger partial charge < -0.3 is 26.2 Å². The van der Waals surface area contributed by atoms with Crippen molar-refractivity contribution >= 4 is 46.7 Å². The Morgan fingerprint density at radius 2 is 1.66 bits per heavy atom. The van der Waals surface area contributed by atoms with Crippen molar-refractivity contribution in [3.63, 3.8) is 0 Å². The molecule has 4 N–H and O–H groups in total. The highest BCUT2D eigenvalue weighted by Crippen LogP contribution is 2.20. The Balaban J connectivity index is 0.00000229. The molecule has 2 aromatic rings. The second-order valence-corrected chi connectivity index (χ2v) is 8.90. The van der Waals surface area contributed by atoms with E-state index in [0.29, 0.717) is 45.7 Å². The first-order valence-corrected chi connectivity index (χ1v) is 12.7. The third-order valence-electron chi connectivity index (χ3n) is 4.57. The first-order valence-electron chi connectivity index (χ1n) is 12.3. The molecule has 0 aromatic heterocycles. The van der Waals surface area contributed by atoms with Crippen LogP contribution in [0, 0.1) is 0 Å². The lowest BCUT2D eigenvalue weighted by atomic mass is 10.1. The van der Waals surface area contributed by atoms with Crippen LogP contribution in [0.15, 0.2) is 88.8 Å². The van der Waals surface area contributed by atoms with E-state index >= 15 is 0 Å². The molecule has 2 rings (SSSR count). The smallest absolute Gasteiger partial charge is 0.253 e. The molecule has 0 saturated carbocycles. The SMILES string of the molecule is C=C(/N=C\C(Cl)=C(/C)Nc1ccccc1C(=O)NC)Nc1cccc(NC(=O)/C=C/CN(C)C)c1.CCC. The number of benzene rings is 2. The molecule has 0 aliphatic carbocycles. The highest BCUT2D eigenvalue weighted by atomic mass is 35.5. The molecule has 0 spiro atoms. The number of carbonyl (C=O) groups is 2. The fraction of sp³-hybridized carbons (Fsp3) is 0.276. The number of hydrogen-bond acceptors (Lipinski definition) is 6. The van der Waals surface area contributed by atoms with Gasteiger partial charge in [0.1, 0.15) is 5.82 Å². The Morgan fingerprint density at radius 3 is 2.29 bits per heavy atom. The van der Waals surface area contributed by atoms with Crippen LogP contribution in [-0.4, -0.2) is 50.6 Å². The summed E-state index contributed by atoms with van der Waals surface area (Å²) in [5.74, 6) is -0.0546. The molecule has 0 unspecified atom stereocenters. The minimum absolute atomic E-state index is 0.203. The van der Waals surface area contributed by atoms with Crippen LogP contribution in [0.25, 0.3) is 0 Å². The van der Waals surface area contributed by atoms with Crippen molar-refractivity contribution in [1.29, 1.82) is 0 Å². The van der Waals surface area contributed by atoms with Gasteiger partial charge in [-0.05, 0) is 51.4 Å². The third-order valence-corrected chi connectivity index (χ3v) is 4.95. The van der Waals surface area contributed by atoms with Crippen molar-refractivity contribution in [3.05, 3.63) is 89.4 Å². The van der Waals surface area contributed by atoms with E-state index in [-0.39, 0.29) is 11.8 Å². The van der Waals surface area contributed by atoms with E-state index in [2.05, 4.69) is 46.7 Å². The van der Waals surface area contributed by atoms with Gasteiger partial charge in [-0.2, -0.15) is 0 Å². The number of nitrogens with one attached hydrogen (secondary N) is 4. The van der Waals surface area contributed by atoms with E-state index < -0.39 is 0 Å². The fourth-order valence-corrected chi connectivity index (χ4v) is 2.94. The normalized spacial score (nSPS) is 11.5. The van der Waals surface area contributed by atoms with E-state index in [0.717, 1.165) is 0 Å².